The fourth-order valence-electron chi connectivity index (χ4n) is 4.62. The third-order valence-electron chi connectivity index (χ3n) is 6.86. The van der Waals surface area contributed by atoms with Crippen LogP contribution in [-0.2, 0) is 0 Å². The summed E-state index contributed by atoms with van der Waals surface area (Å²) < 4.78 is 0. The maximum atomic E-state index is 2.39. The molecule has 0 aliphatic rings. The van der Waals surface area contributed by atoms with Crippen molar-refractivity contribution in [1.29, 1.82) is 0 Å². The maximum absolute atomic E-state index is 2.39. The van der Waals surface area contributed by atoms with Gasteiger partial charge in [0, 0.05) is 0 Å². The molecule has 0 aromatic carbocycles. The highest BCUT2D eigenvalue weighted by Crippen LogP contribution is 2.30. The van der Waals surface area contributed by atoms with Gasteiger partial charge in [-0.2, -0.15) is 0 Å². The molecule has 0 heteroatoms. The van der Waals surface area contributed by atoms with E-state index in [1.165, 1.54) is 116 Å². The molecule has 0 rings (SSSR count). The standard InChI is InChI=1S/C26H54/c1-6-11-12-13-14-15-16-17-18-19-20-21-26(22-24(7-2)8-3)23-25(9-4)10-5/h24-26H,6-23H2,1-5H3. The summed E-state index contributed by atoms with van der Waals surface area (Å²) in [5.41, 5.74) is 0. The molecule has 0 saturated heterocycles. The summed E-state index contributed by atoms with van der Waals surface area (Å²) in [5, 5.41) is 0. The van der Waals surface area contributed by atoms with Crippen LogP contribution >= 0.6 is 0 Å². The molecule has 0 N–H and O–H groups in total. The van der Waals surface area contributed by atoms with Crippen LogP contribution in [0, 0.1) is 17.8 Å². The van der Waals surface area contributed by atoms with Gasteiger partial charge in [0.1, 0.15) is 0 Å². The molecule has 0 amide bonds. The molecule has 0 unspecified atom stereocenters. The quantitative estimate of drug-likeness (QED) is 0.188. The summed E-state index contributed by atoms with van der Waals surface area (Å²) in [6.07, 6.45) is 26.2. The zero-order chi connectivity index (χ0) is 19.5. The van der Waals surface area contributed by atoms with Crippen LogP contribution in [0.15, 0.2) is 0 Å². The molecule has 0 bridgehead atoms. The zero-order valence-electron chi connectivity index (χ0n) is 19.5. The normalized spacial score (nSPS) is 12.0. The van der Waals surface area contributed by atoms with Gasteiger partial charge < -0.3 is 0 Å². The molecule has 0 aromatic heterocycles. The van der Waals surface area contributed by atoms with Crippen molar-refractivity contribution in [3.63, 3.8) is 0 Å². The monoisotopic (exact) mass is 366 g/mol. The highest BCUT2D eigenvalue weighted by Gasteiger charge is 2.17. The Balaban J connectivity index is 3.84. The van der Waals surface area contributed by atoms with Gasteiger partial charge in [-0.25, -0.2) is 0 Å². The molecular formula is C26H54. The van der Waals surface area contributed by atoms with Crippen LogP contribution in [0.25, 0.3) is 0 Å². The number of unbranched alkanes of at least 4 members (excludes halogenated alkanes) is 10. The molecule has 0 spiro atoms. The van der Waals surface area contributed by atoms with Crippen molar-refractivity contribution in [2.24, 2.45) is 17.8 Å². The molecule has 0 radical (unpaired) electrons. The van der Waals surface area contributed by atoms with Gasteiger partial charge in [-0.05, 0) is 30.6 Å². The van der Waals surface area contributed by atoms with Crippen LogP contribution < -0.4 is 0 Å². The van der Waals surface area contributed by atoms with Gasteiger partial charge in [-0.15, -0.1) is 0 Å². The van der Waals surface area contributed by atoms with Crippen molar-refractivity contribution in [3.05, 3.63) is 0 Å². The smallest absolute Gasteiger partial charge is 0.0409 e. The van der Waals surface area contributed by atoms with Crippen molar-refractivity contribution in [2.75, 3.05) is 0 Å². The van der Waals surface area contributed by atoms with E-state index in [-0.39, 0.29) is 0 Å². The molecule has 0 fully saturated rings. The van der Waals surface area contributed by atoms with Gasteiger partial charge in [0.2, 0.25) is 0 Å². The van der Waals surface area contributed by atoms with E-state index in [2.05, 4.69) is 34.6 Å². The first-order valence-corrected chi connectivity index (χ1v) is 12.7. The number of rotatable bonds is 20. The fraction of sp³-hybridized carbons (Fsp3) is 1.00. The minimum atomic E-state index is 0.974. The van der Waals surface area contributed by atoms with E-state index in [0.717, 1.165) is 17.8 Å². The second-order valence-electron chi connectivity index (χ2n) is 9.03. The van der Waals surface area contributed by atoms with E-state index >= 15 is 0 Å². The molecule has 26 heavy (non-hydrogen) atoms. The van der Waals surface area contributed by atoms with E-state index in [0.29, 0.717) is 0 Å². The highest BCUT2D eigenvalue weighted by atomic mass is 14.2. The van der Waals surface area contributed by atoms with E-state index in [1.807, 2.05) is 0 Å². The molecule has 0 aromatic rings. The Morgan fingerprint density at radius 1 is 0.385 bits per heavy atom. The second-order valence-corrected chi connectivity index (χ2v) is 9.03. The minimum absolute atomic E-state index is 0.974. The van der Waals surface area contributed by atoms with Crippen LogP contribution in [-0.4, -0.2) is 0 Å². The third-order valence-corrected chi connectivity index (χ3v) is 6.86. The van der Waals surface area contributed by atoms with Crippen molar-refractivity contribution in [2.45, 2.75) is 150 Å². The molecule has 0 saturated carbocycles. The topological polar surface area (TPSA) is 0 Å². The number of hydrogen-bond donors (Lipinski definition) is 0. The summed E-state index contributed by atoms with van der Waals surface area (Å²) in [5.74, 6) is 2.95. The third kappa shape index (κ3) is 15.1. The SMILES string of the molecule is CCCCCCCCCCCCCC(CC(CC)CC)CC(CC)CC. The lowest BCUT2D eigenvalue weighted by molar-refractivity contribution is 0.266. The van der Waals surface area contributed by atoms with Gasteiger partial charge in [-0.1, -0.05) is 137 Å². The lowest BCUT2D eigenvalue weighted by Gasteiger charge is -2.25. The van der Waals surface area contributed by atoms with Gasteiger partial charge >= 0.3 is 0 Å². The Hall–Kier alpha value is 0. The molecule has 0 atom stereocenters. The highest BCUT2D eigenvalue weighted by molar-refractivity contribution is 4.69. The summed E-state index contributed by atoms with van der Waals surface area (Å²) in [7, 11) is 0. The summed E-state index contributed by atoms with van der Waals surface area (Å²) in [6.45, 7) is 11.9. The number of hydrogen-bond acceptors (Lipinski definition) is 0. The second kappa shape index (κ2) is 19.8. The minimum Gasteiger partial charge on any atom is -0.0654 e. The maximum Gasteiger partial charge on any atom is -0.0409 e. The van der Waals surface area contributed by atoms with Crippen molar-refractivity contribution in [1.82, 2.24) is 0 Å². The Morgan fingerprint density at radius 3 is 1.08 bits per heavy atom. The Bertz CT molecular complexity index is 235. The Morgan fingerprint density at radius 2 is 0.731 bits per heavy atom. The first-order chi connectivity index (χ1) is 12.7. The van der Waals surface area contributed by atoms with Gasteiger partial charge in [0.25, 0.3) is 0 Å². The zero-order valence-corrected chi connectivity index (χ0v) is 19.5. The Labute approximate surface area is 168 Å². The average molecular weight is 367 g/mol. The van der Waals surface area contributed by atoms with Crippen molar-refractivity contribution in [3.8, 4) is 0 Å². The molecule has 0 nitrogen and oxygen atoms in total. The van der Waals surface area contributed by atoms with Gasteiger partial charge in [-0.3, -0.25) is 0 Å². The summed E-state index contributed by atoms with van der Waals surface area (Å²) in [4.78, 5) is 0. The van der Waals surface area contributed by atoms with Crippen molar-refractivity contribution < 1.29 is 0 Å². The average Bonchev–Trinajstić information content (AvgIpc) is 2.67. The van der Waals surface area contributed by atoms with Crippen LogP contribution in [0.3, 0.4) is 0 Å². The van der Waals surface area contributed by atoms with Crippen LogP contribution in [0.1, 0.15) is 150 Å². The van der Waals surface area contributed by atoms with Gasteiger partial charge in [0.05, 0.1) is 0 Å². The molecular weight excluding hydrogens is 312 g/mol. The first-order valence-electron chi connectivity index (χ1n) is 12.7. The lowest BCUT2D eigenvalue weighted by atomic mass is 9.80. The van der Waals surface area contributed by atoms with E-state index < -0.39 is 0 Å². The van der Waals surface area contributed by atoms with Crippen LogP contribution in [0.2, 0.25) is 0 Å². The predicted molar refractivity (Wildman–Crippen MR) is 122 cm³/mol. The molecule has 0 aliphatic heterocycles. The van der Waals surface area contributed by atoms with E-state index in [1.54, 1.807) is 0 Å². The largest absolute Gasteiger partial charge is 0.0654 e. The molecule has 0 heterocycles. The van der Waals surface area contributed by atoms with Gasteiger partial charge in [0.15, 0.2) is 0 Å². The van der Waals surface area contributed by atoms with Crippen molar-refractivity contribution >= 4 is 0 Å². The molecule has 0 aliphatic carbocycles. The van der Waals surface area contributed by atoms with E-state index in [4.69, 9.17) is 0 Å². The Kier molecular flexibility index (Phi) is 19.8. The fourth-order valence-corrected chi connectivity index (χ4v) is 4.62. The summed E-state index contributed by atoms with van der Waals surface area (Å²) >= 11 is 0. The lowest BCUT2D eigenvalue weighted by Crippen LogP contribution is -2.13. The summed E-state index contributed by atoms with van der Waals surface area (Å²) in [6, 6.07) is 0. The van der Waals surface area contributed by atoms with Crippen LogP contribution in [0.4, 0.5) is 0 Å². The first kappa shape index (κ1) is 26.0. The van der Waals surface area contributed by atoms with E-state index in [9.17, 15) is 0 Å². The molecule has 158 valence electrons. The van der Waals surface area contributed by atoms with Crippen LogP contribution in [0.5, 0.6) is 0 Å². The predicted octanol–water partition coefficient (Wildman–Crippen LogP) is 9.96.